The number of rotatable bonds is 6. The van der Waals surface area contributed by atoms with Gasteiger partial charge in [0, 0.05) is 17.1 Å². The minimum atomic E-state index is -0.275. The highest BCUT2D eigenvalue weighted by atomic mass is 16.5. The molecule has 1 aliphatic heterocycles. The van der Waals surface area contributed by atoms with Crippen molar-refractivity contribution in [2.75, 3.05) is 6.61 Å². The fraction of sp³-hybridized carbons (Fsp3) is 0.185. The van der Waals surface area contributed by atoms with Gasteiger partial charge in [0.1, 0.15) is 12.0 Å². The van der Waals surface area contributed by atoms with Crippen LogP contribution >= 0.6 is 0 Å². The van der Waals surface area contributed by atoms with E-state index >= 15 is 0 Å². The van der Waals surface area contributed by atoms with E-state index in [-0.39, 0.29) is 17.8 Å². The van der Waals surface area contributed by atoms with E-state index < -0.39 is 0 Å². The predicted octanol–water partition coefficient (Wildman–Crippen LogP) is 4.48. The molecule has 0 saturated heterocycles. The van der Waals surface area contributed by atoms with Crippen LogP contribution in [0.4, 0.5) is 0 Å². The molecule has 0 bridgehead atoms. The van der Waals surface area contributed by atoms with Gasteiger partial charge in [0.05, 0.1) is 30.2 Å². The van der Waals surface area contributed by atoms with Crippen LogP contribution in [0, 0.1) is 0 Å². The summed E-state index contributed by atoms with van der Waals surface area (Å²) in [5.41, 5.74) is 4.11. The minimum Gasteiger partial charge on any atom is -0.373 e. The van der Waals surface area contributed by atoms with Crippen molar-refractivity contribution < 1.29 is 4.74 Å². The summed E-state index contributed by atoms with van der Waals surface area (Å²) < 4.78 is 7.81. The van der Waals surface area contributed by atoms with E-state index in [0.717, 1.165) is 28.8 Å². The van der Waals surface area contributed by atoms with E-state index in [0.29, 0.717) is 18.6 Å². The van der Waals surface area contributed by atoms with E-state index in [4.69, 9.17) is 9.72 Å². The monoisotopic (exact) mass is 436 g/mol. The van der Waals surface area contributed by atoms with Crippen LogP contribution in [0.2, 0.25) is 0 Å². The van der Waals surface area contributed by atoms with Crippen LogP contribution < -0.4 is 10.9 Å². The Hall–Kier alpha value is -3.74. The van der Waals surface area contributed by atoms with E-state index in [1.165, 1.54) is 10.9 Å². The van der Waals surface area contributed by atoms with Crippen LogP contribution in [0.25, 0.3) is 21.8 Å². The molecule has 3 heterocycles. The van der Waals surface area contributed by atoms with Crippen molar-refractivity contribution in [2.45, 2.75) is 25.2 Å². The number of para-hydroxylation sites is 2. The van der Waals surface area contributed by atoms with Crippen molar-refractivity contribution in [2.24, 2.45) is 0 Å². The number of hydrogen-bond donors (Lipinski definition) is 2. The molecule has 0 radical (unpaired) electrons. The molecule has 33 heavy (non-hydrogen) atoms. The van der Waals surface area contributed by atoms with Crippen molar-refractivity contribution in [3.63, 3.8) is 0 Å². The summed E-state index contributed by atoms with van der Waals surface area (Å²) in [7, 11) is 0. The molecule has 2 aromatic heterocycles. The Bertz CT molecular complexity index is 1490. The average molecular weight is 437 g/mol. The third-order valence-corrected chi connectivity index (χ3v) is 6.34. The Balaban J connectivity index is 1.34. The maximum Gasteiger partial charge on any atom is 0.262 e. The highest BCUT2D eigenvalue weighted by Crippen LogP contribution is 2.30. The summed E-state index contributed by atoms with van der Waals surface area (Å²) in [6, 6.07) is 25.8. The first-order chi connectivity index (χ1) is 16.3. The van der Waals surface area contributed by atoms with Crippen LogP contribution in [-0.4, -0.2) is 21.1 Å². The molecule has 0 saturated carbocycles. The zero-order valence-electron chi connectivity index (χ0n) is 18.1. The molecule has 0 amide bonds. The SMILES string of the molecule is O=c1c2ccccc2nc2n1C(COCc1ccccc1)N[C@H]2Cc1c[nH]c2ccccc12. The Morgan fingerprint density at radius 1 is 0.909 bits per heavy atom. The van der Waals surface area contributed by atoms with Gasteiger partial charge in [-0.3, -0.25) is 14.7 Å². The smallest absolute Gasteiger partial charge is 0.262 e. The lowest BCUT2D eigenvalue weighted by atomic mass is 10.0. The molecule has 0 fully saturated rings. The third kappa shape index (κ3) is 3.63. The summed E-state index contributed by atoms with van der Waals surface area (Å²) in [4.78, 5) is 21.7. The molecule has 3 aromatic carbocycles. The normalized spacial score (nSPS) is 17.6. The molecule has 5 aromatic rings. The molecule has 6 heteroatoms. The highest BCUT2D eigenvalue weighted by molar-refractivity contribution is 5.83. The first-order valence-electron chi connectivity index (χ1n) is 11.2. The van der Waals surface area contributed by atoms with Crippen LogP contribution in [0.3, 0.4) is 0 Å². The van der Waals surface area contributed by atoms with Crippen molar-refractivity contribution in [3.05, 3.63) is 112 Å². The summed E-state index contributed by atoms with van der Waals surface area (Å²) >= 11 is 0. The molecule has 2 N–H and O–H groups in total. The van der Waals surface area contributed by atoms with Gasteiger partial charge in [-0.15, -0.1) is 0 Å². The summed E-state index contributed by atoms with van der Waals surface area (Å²) in [5, 5.41) is 5.44. The number of H-pyrrole nitrogens is 1. The Morgan fingerprint density at radius 2 is 1.67 bits per heavy atom. The van der Waals surface area contributed by atoms with Crippen molar-refractivity contribution in [1.29, 1.82) is 0 Å². The molecule has 0 spiro atoms. The maximum atomic E-state index is 13.4. The second-order valence-corrected chi connectivity index (χ2v) is 8.46. The van der Waals surface area contributed by atoms with Crippen molar-refractivity contribution >= 4 is 21.8 Å². The quantitative estimate of drug-likeness (QED) is 0.412. The fourth-order valence-corrected chi connectivity index (χ4v) is 4.75. The van der Waals surface area contributed by atoms with Crippen molar-refractivity contribution in [1.82, 2.24) is 19.9 Å². The molecule has 2 atom stereocenters. The van der Waals surface area contributed by atoms with Gasteiger partial charge < -0.3 is 9.72 Å². The third-order valence-electron chi connectivity index (χ3n) is 6.34. The largest absolute Gasteiger partial charge is 0.373 e. The number of ether oxygens (including phenoxy) is 1. The van der Waals surface area contributed by atoms with Crippen LogP contribution in [0.1, 0.15) is 29.2 Å². The van der Waals surface area contributed by atoms with Gasteiger partial charge in [0.2, 0.25) is 0 Å². The number of fused-ring (bicyclic) bond motifs is 3. The zero-order chi connectivity index (χ0) is 22.2. The lowest BCUT2D eigenvalue weighted by Crippen LogP contribution is -2.31. The Morgan fingerprint density at radius 3 is 2.55 bits per heavy atom. The topological polar surface area (TPSA) is 71.9 Å². The zero-order valence-corrected chi connectivity index (χ0v) is 18.1. The van der Waals surface area contributed by atoms with Gasteiger partial charge in [0.15, 0.2) is 0 Å². The average Bonchev–Trinajstić information content (AvgIpc) is 3.42. The summed E-state index contributed by atoms with van der Waals surface area (Å²) in [5.74, 6) is 0.761. The number of aromatic nitrogens is 3. The number of nitrogens with zero attached hydrogens (tertiary/aromatic N) is 2. The molecule has 0 aliphatic carbocycles. The number of benzene rings is 3. The first-order valence-corrected chi connectivity index (χ1v) is 11.2. The van der Waals surface area contributed by atoms with Gasteiger partial charge in [-0.1, -0.05) is 60.7 Å². The molecular weight excluding hydrogens is 412 g/mol. The van der Waals surface area contributed by atoms with E-state index in [1.54, 1.807) is 4.57 Å². The maximum absolute atomic E-state index is 13.4. The van der Waals surface area contributed by atoms with Crippen LogP contribution in [-0.2, 0) is 17.8 Å². The standard InChI is InChI=1S/C27H24N4O2/c32-27-21-11-5-7-13-23(21)30-26-24(14-19-15-28-22-12-6-4-10-20(19)22)29-25(31(26)27)17-33-16-18-8-2-1-3-9-18/h1-13,15,24-25,28-29H,14,16-17H2/t24-,25?/m0/s1. The van der Waals surface area contributed by atoms with Crippen LogP contribution in [0.5, 0.6) is 0 Å². The predicted molar refractivity (Wildman–Crippen MR) is 129 cm³/mol. The molecular formula is C27H24N4O2. The van der Waals surface area contributed by atoms with Crippen molar-refractivity contribution in [3.8, 4) is 0 Å². The molecule has 6 nitrogen and oxygen atoms in total. The lowest BCUT2D eigenvalue weighted by molar-refractivity contribution is 0.0824. The van der Waals surface area contributed by atoms with Gasteiger partial charge in [-0.05, 0) is 35.7 Å². The van der Waals surface area contributed by atoms with E-state index in [2.05, 4.69) is 28.6 Å². The van der Waals surface area contributed by atoms with Gasteiger partial charge >= 0.3 is 0 Å². The second kappa shape index (κ2) is 8.31. The fourth-order valence-electron chi connectivity index (χ4n) is 4.75. The summed E-state index contributed by atoms with van der Waals surface area (Å²) in [6.45, 7) is 0.878. The van der Waals surface area contributed by atoms with E-state index in [9.17, 15) is 4.79 Å². The van der Waals surface area contributed by atoms with Gasteiger partial charge in [0.25, 0.3) is 5.56 Å². The van der Waals surface area contributed by atoms with Gasteiger partial charge in [-0.2, -0.15) is 0 Å². The number of aromatic amines is 1. The summed E-state index contributed by atoms with van der Waals surface area (Å²) in [6.07, 6.45) is 2.50. The minimum absolute atomic E-state index is 0.0298. The molecule has 6 rings (SSSR count). The number of hydrogen-bond acceptors (Lipinski definition) is 4. The second-order valence-electron chi connectivity index (χ2n) is 8.46. The molecule has 164 valence electrons. The van der Waals surface area contributed by atoms with Crippen LogP contribution in [0.15, 0.2) is 89.9 Å². The first kappa shape index (κ1) is 19.9. The lowest BCUT2D eigenvalue weighted by Gasteiger charge is -2.15. The van der Waals surface area contributed by atoms with E-state index in [1.807, 2.05) is 66.7 Å². The highest BCUT2D eigenvalue weighted by Gasteiger charge is 2.33. The van der Waals surface area contributed by atoms with Gasteiger partial charge in [-0.25, -0.2) is 4.98 Å². The Labute approximate surface area is 190 Å². The number of nitrogens with one attached hydrogen (secondary N) is 2. The Kier molecular flexibility index (Phi) is 5.02. The molecule has 1 unspecified atom stereocenters. The molecule has 1 aliphatic rings.